The summed E-state index contributed by atoms with van der Waals surface area (Å²) in [6.07, 6.45) is 7.68. The molecule has 2 atom stereocenters. The van der Waals surface area contributed by atoms with E-state index in [0.29, 0.717) is 0 Å². The van der Waals surface area contributed by atoms with Crippen molar-refractivity contribution in [3.05, 3.63) is 30.1 Å². The molecule has 1 spiro atoms. The highest BCUT2D eigenvalue weighted by Gasteiger charge is 2.45. The van der Waals surface area contributed by atoms with Gasteiger partial charge in [0.25, 0.3) is 0 Å². The van der Waals surface area contributed by atoms with Crippen molar-refractivity contribution in [1.82, 2.24) is 4.98 Å². The minimum atomic E-state index is -0.810. The molecule has 4 heteroatoms. The number of aromatic nitrogens is 1. The van der Waals surface area contributed by atoms with Gasteiger partial charge in [-0.1, -0.05) is 6.07 Å². The molecule has 0 aliphatic carbocycles. The van der Waals surface area contributed by atoms with Crippen LogP contribution in [0.4, 0.5) is 0 Å². The molecule has 2 fully saturated rings. The largest absolute Gasteiger partial charge is 0.385 e. The van der Waals surface area contributed by atoms with Crippen LogP contribution in [-0.4, -0.2) is 33.8 Å². The Hall–Kier alpha value is -0.580. The van der Waals surface area contributed by atoms with E-state index in [0.717, 1.165) is 37.9 Å². The van der Waals surface area contributed by atoms with E-state index < -0.39 is 5.60 Å². The third-order valence-electron chi connectivity index (χ3n) is 4.94. The Morgan fingerprint density at radius 3 is 2.95 bits per heavy atom. The van der Waals surface area contributed by atoms with Crippen molar-refractivity contribution < 1.29 is 9.84 Å². The first-order chi connectivity index (χ1) is 9.62. The van der Waals surface area contributed by atoms with Crippen LogP contribution in [-0.2, 0) is 10.3 Å². The number of rotatable bonds is 2. The fourth-order valence-corrected chi connectivity index (χ4v) is 4.73. The quantitative estimate of drug-likeness (QED) is 0.910. The van der Waals surface area contributed by atoms with Gasteiger partial charge in [-0.15, -0.1) is 0 Å². The lowest BCUT2D eigenvalue weighted by atomic mass is 9.72. The number of hydrogen-bond acceptors (Lipinski definition) is 4. The Morgan fingerprint density at radius 1 is 1.45 bits per heavy atom. The topological polar surface area (TPSA) is 42.4 Å². The monoisotopic (exact) mass is 293 g/mol. The number of hydrogen-bond donors (Lipinski definition) is 1. The molecule has 0 amide bonds. The zero-order valence-corrected chi connectivity index (χ0v) is 12.9. The summed E-state index contributed by atoms with van der Waals surface area (Å²) in [7, 11) is 0. The van der Waals surface area contributed by atoms with Crippen molar-refractivity contribution in [3.63, 3.8) is 0 Å². The van der Waals surface area contributed by atoms with Gasteiger partial charge < -0.3 is 9.84 Å². The Morgan fingerprint density at radius 2 is 2.25 bits per heavy atom. The van der Waals surface area contributed by atoms with Crippen LogP contribution < -0.4 is 0 Å². The van der Waals surface area contributed by atoms with Crippen LogP contribution in [0.25, 0.3) is 0 Å². The van der Waals surface area contributed by atoms with Crippen LogP contribution in [0.15, 0.2) is 24.5 Å². The van der Waals surface area contributed by atoms with Crippen molar-refractivity contribution in [1.29, 1.82) is 0 Å². The second-order valence-electron chi connectivity index (χ2n) is 6.22. The van der Waals surface area contributed by atoms with Crippen molar-refractivity contribution in [2.24, 2.45) is 5.92 Å². The van der Waals surface area contributed by atoms with Crippen molar-refractivity contribution in [2.45, 2.75) is 43.8 Å². The number of aliphatic hydroxyl groups is 1. The van der Waals surface area contributed by atoms with Gasteiger partial charge in [-0.3, -0.25) is 4.98 Å². The van der Waals surface area contributed by atoms with Gasteiger partial charge in [0.05, 0.1) is 11.2 Å². The predicted molar refractivity (Wildman–Crippen MR) is 81.8 cm³/mol. The third-order valence-corrected chi connectivity index (χ3v) is 5.92. The van der Waals surface area contributed by atoms with Crippen LogP contribution in [0.2, 0.25) is 0 Å². The zero-order chi connectivity index (χ0) is 14.1. The van der Waals surface area contributed by atoms with E-state index in [-0.39, 0.29) is 11.5 Å². The van der Waals surface area contributed by atoms with Gasteiger partial charge in [-0.25, -0.2) is 0 Å². The summed E-state index contributed by atoms with van der Waals surface area (Å²) in [6, 6.07) is 3.88. The molecule has 2 aliphatic rings. The van der Waals surface area contributed by atoms with Crippen LogP contribution >= 0.6 is 11.8 Å². The molecule has 1 N–H and O–H groups in total. The molecule has 0 saturated carbocycles. The zero-order valence-electron chi connectivity index (χ0n) is 12.0. The lowest BCUT2D eigenvalue weighted by molar-refractivity contribution is -0.144. The summed E-state index contributed by atoms with van der Waals surface area (Å²) in [6.45, 7) is 2.71. The molecule has 2 unspecified atom stereocenters. The Labute approximate surface area is 125 Å². The average molecular weight is 293 g/mol. The minimum Gasteiger partial charge on any atom is -0.385 e. The van der Waals surface area contributed by atoms with Gasteiger partial charge in [0, 0.05) is 24.6 Å². The summed E-state index contributed by atoms with van der Waals surface area (Å²) < 4.78 is 6.13. The average Bonchev–Trinajstić information content (AvgIpc) is 2.49. The fraction of sp³-hybridized carbons (Fsp3) is 0.688. The van der Waals surface area contributed by atoms with E-state index in [1.807, 2.05) is 30.8 Å². The summed E-state index contributed by atoms with van der Waals surface area (Å²) in [5, 5.41) is 11.0. The van der Waals surface area contributed by atoms with E-state index in [4.69, 9.17) is 4.74 Å². The molecule has 3 rings (SSSR count). The van der Waals surface area contributed by atoms with Gasteiger partial charge in [-0.2, -0.15) is 11.8 Å². The summed E-state index contributed by atoms with van der Waals surface area (Å²) >= 11 is 2.02. The summed E-state index contributed by atoms with van der Waals surface area (Å²) in [5.41, 5.74) is 0.128. The van der Waals surface area contributed by atoms with Gasteiger partial charge in [0.1, 0.15) is 0 Å². The van der Waals surface area contributed by atoms with Crippen molar-refractivity contribution in [2.75, 3.05) is 18.1 Å². The van der Waals surface area contributed by atoms with Gasteiger partial charge in [0.2, 0.25) is 0 Å². The predicted octanol–water partition coefficient (Wildman–Crippen LogP) is 2.98. The smallest absolute Gasteiger partial charge is 0.0913 e. The Kier molecular flexibility index (Phi) is 4.07. The van der Waals surface area contributed by atoms with E-state index in [1.165, 1.54) is 11.5 Å². The molecular weight excluding hydrogens is 270 g/mol. The molecule has 0 bridgehead atoms. The maximum absolute atomic E-state index is 11.0. The number of pyridine rings is 1. The molecule has 1 aromatic heterocycles. The normalized spacial score (nSPS) is 29.0. The molecule has 20 heavy (non-hydrogen) atoms. The molecule has 3 nitrogen and oxygen atoms in total. The minimum absolute atomic E-state index is 0.0143. The molecule has 3 heterocycles. The SMILES string of the molecule is CC(O)(c1cccnc1)C1CCOC2(CCSCC2)C1. The van der Waals surface area contributed by atoms with Crippen molar-refractivity contribution in [3.8, 4) is 0 Å². The number of thioether (sulfide) groups is 1. The second-order valence-corrected chi connectivity index (χ2v) is 7.45. The Balaban J connectivity index is 1.79. The van der Waals surface area contributed by atoms with Crippen LogP contribution in [0, 0.1) is 5.92 Å². The fourth-order valence-electron chi connectivity index (χ4n) is 3.50. The maximum Gasteiger partial charge on any atom is 0.0913 e. The van der Waals surface area contributed by atoms with Crippen LogP contribution in [0.5, 0.6) is 0 Å². The molecule has 2 aliphatic heterocycles. The second kappa shape index (κ2) is 5.66. The number of nitrogens with zero attached hydrogens (tertiary/aromatic N) is 1. The standard InChI is InChI=1S/C16H23NO2S/c1-15(18,14-3-2-7-17-12-14)13-4-8-19-16(11-13)5-9-20-10-6-16/h2-3,7,12-13,18H,4-6,8-11H2,1H3. The highest BCUT2D eigenvalue weighted by atomic mass is 32.2. The summed E-state index contributed by atoms with van der Waals surface area (Å²) in [4.78, 5) is 4.16. The third kappa shape index (κ3) is 2.74. The van der Waals surface area contributed by atoms with E-state index in [1.54, 1.807) is 12.4 Å². The first kappa shape index (κ1) is 14.4. The van der Waals surface area contributed by atoms with E-state index in [9.17, 15) is 5.11 Å². The first-order valence-corrected chi connectivity index (χ1v) is 8.62. The van der Waals surface area contributed by atoms with Gasteiger partial charge in [-0.05, 0) is 56.1 Å². The molecule has 0 aromatic carbocycles. The van der Waals surface area contributed by atoms with E-state index in [2.05, 4.69) is 4.98 Å². The first-order valence-electron chi connectivity index (χ1n) is 7.47. The molecule has 1 aromatic rings. The van der Waals surface area contributed by atoms with Gasteiger partial charge >= 0.3 is 0 Å². The number of ether oxygens (including phenoxy) is 1. The van der Waals surface area contributed by atoms with Crippen LogP contribution in [0.3, 0.4) is 0 Å². The molecular formula is C16H23NO2S. The lowest BCUT2D eigenvalue weighted by Gasteiger charge is -2.47. The Bertz CT molecular complexity index is 438. The highest BCUT2D eigenvalue weighted by molar-refractivity contribution is 7.99. The lowest BCUT2D eigenvalue weighted by Crippen LogP contribution is -2.48. The molecule has 110 valence electrons. The van der Waals surface area contributed by atoms with Crippen LogP contribution in [0.1, 0.15) is 38.2 Å². The maximum atomic E-state index is 11.0. The molecule has 0 radical (unpaired) electrons. The van der Waals surface area contributed by atoms with E-state index >= 15 is 0 Å². The van der Waals surface area contributed by atoms with Gasteiger partial charge in [0.15, 0.2) is 0 Å². The molecule has 2 saturated heterocycles. The summed E-state index contributed by atoms with van der Waals surface area (Å²) in [5.74, 6) is 2.62. The highest BCUT2D eigenvalue weighted by Crippen LogP contribution is 2.45. The van der Waals surface area contributed by atoms with Crippen molar-refractivity contribution >= 4 is 11.8 Å².